The van der Waals surface area contributed by atoms with Crippen LogP contribution < -0.4 is 0 Å². The minimum Gasteiger partial charge on any atom is -0.300 e. The molecule has 2 nitrogen and oxygen atoms in total. The Morgan fingerprint density at radius 1 is 1.47 bits per heavy atom. The van der Waals surface area contributed by atoms with Gasteiger partial charge < -0.3 is 0 Å². The standard InChI is InChI=1S/C13H13BrO2S/c1-8(15)6-9-7-11(14)13(16)10-4-2-3-5-12(10)17-9/h2-5,9,11H,6-7H2,1H3. The van der Waals surface area contributed by atoms with Crippen molar-refractivity contribution in [3.63, 3.8) is 0 Å². The van der Waals surface area contributed by atoms with Gasteiger partial charge in [0.1, 0.15) is 5.78 Å². The molecule has 17 heavy (non-hydrogen) atoms. The van der Waals surface area contributed by atoms with Gasteiger partial charge in [0, 0.05) is 22.1 Å². The van der Waals surface area contributed by atoms with E-state index in [4.69, 9.17) is 0 Å². The topological polar surface area (TPSA) is 34.1 Å². The molecule has 1 aliphatic rings. The van der Waals surface area contributed by atoms with E-state index >= 15 is 0 Å². The second-order valence-electron chi connectivity index (χ2n) is 4.21. The number of ketones is 2. The highest BCUT2D eigenvalue weighted by atomic mass is 79.9. The van der Waals surface area contributed by atoms with Crippen LogP contribution in [0.15, 0.2) is 29.2 Å². The summed E-state index contributed by atoms with van der Waals surface area (Å²) < 4.78 is 0. The molecule has 1 aromatic rings. The molecule has 90 valence electrons. The van der Waals surface area contributed by atoms with E-state index in [1.807, 2.05) is 24.3 Å². The predicted molar refractivity (Wildman–Crippen MR) is 73.0 cm³/mol. The third kappa shape index (κ3) is 2.99. The van der Waals surface area contributed by atoms with Crippen LogP contribution in [0.5, 0.6) is 0 Å². The molecule has 1 heterocycles. The normalized spacial score (nSPS) is 24.0. The monoisotopic (exact) mass is 312 g/mol. The lowest BCUT2D eigenvalue weighted by atomic mass is 10.0. The Morgan fingerprint density at radius 2 is 2.18 bits per heavy atom. The van der Waals surface area contributed by atoms with E-state index in [0.29, 0.717) is 12.8 Å². The zero-order valence-corrected chi connectivity index (χ0v) is 11.9. The number of carbonyl (C=O) groups excluding carboxylic acids is 2. The second-order valence-corrected chi connectivity index (χ2v) is 6.66. The van der Waals surface area contributed by atoms with Crippen LogP contribution in [0.2, 0.25) is 0 Å². The van der Waals surface area contributed by atoms with E-state index in [2.05, 4.69) is 15.9 Å². The van der Waals surface area contributed by atoms with Gasteiger partial charge in [-0.25, -0.2) is 0 Å². The molecule has 0 amide bonds. The minimum atomic E-state index is -0.178. The van der Waals surface area contributed by atoms with Crippen molar-refractivity contribution >= 4 is 39.3 Å². The molecule has 0 fully saturated rings. The first-order valence-electron chi connectivity index (χ1n) is 5.51. The van der Waals surface area contributed by atoms with Crippen LogP contribution in [0.4, 0.5) is 0 Å². The summed E-state index contributed by atoms with van der Waals surface area (Å²) in [5.74, 6) is 0.299. The Kier molecular flexibility index (Phi) is 4.05. The quantitative estimate of drug-likeness (QED) is 0.784. The fourth-order valence-corrected chi connectivity index (χ4v) is 4.32. The van der Waals surface area contributed by atoms with Crippen molar-refractivity contribution in [3.05, 3.63) is 29.8 Å². The highest BCUT2D eigenvalue weighted by Gasteiger charge is 2.29. The fraction of sp³-hybridized carbons (Fsp3) is 0.385. The Hall–Kier alpha value is -0.610. The first-order valence-corrected chi connectivity index (χ1v) is 7.31. The number of thioether (sulfide) groups is 1. The number of halogens is 1. The van der Waals surface area contributed by atoms with Gasteiger partial charge in [-0.2, -0.15) is 0 Å². The number of hydrogen-bond donors (Lipinski definition) is 0. The number of rotatable bonds is 2. The van der Waals surface area contributed by atoms with E-state index in [1.54, 1.807) is 18.7 Å². The number of fused-ring (bicyclic) bond motifs is 1. The van der Waals surface area contributed by atoms with E-state index in [9.17, 15) is 9.59 Å². The van der Waals surface area contributed by atoms with Crippen LogP contribution in [0.3, 0.4) is 0 Å². The van der Waals surface area contributed by atoms with Gasteiger partial charge in [-0.05, 0) is 19.4 Å². The first-order chi connectivity index (χ1) is 8.08. The Bertz CT molecular complexity index is 458. The molecule has 0 N–H and O–H groups in total. The molecule has 4 heteroatoms. The van der Waals surface area contributed by atoms with Crippen molar-refractivity contribution < 1.29 is 9.59 Å². The van der Waals surface area contributed by atoms with Gasteiger partial charge in [-0.15, -0.1) is 11.8 Å². The number of carbonyl (C=O) groups is 2. The van der Waals surface area contributed by atoms with Crippen LogP contribution in [-0.4, -0.2) is 21.6 Å². The van der Waals surface area contributed by atoms with Crippen molar-refractivity contribution in [1.82, 2.24) is 0 Å². The molecule has 0 saturated heterocycles. The van der Waals surface area contributed by atoms with Gasteiger partial charge in [-0.3, -0.25) is 9.59 Å². The molecule has 0 radical (unpaired) electrons. The average Bonchev–Trinajstić information content (AvgIpc) is 2.37. The van der Waals surface area contributed by atoms with Crippen LogP contribution >= 0.6 is 27.7 Å². The molecule has 1 aromatic carbocycles. The Balaban J connectivity index is 2.32. The summed E-state index contributed by atoms with van der Waals surface area (Å²) in [5.41, 5.74) is 0.769. The van der Waals surface area contributed by atoms with Crippen molar-refractivity contribution in [3.8, 4) is 0 Å². The zero-order valence-electron chi connectivity index (χ0n) is 9.48. The van der Waals surface area contributed by atoms with Crippen LogP contribution in [0.1, 0.15) is 30.1 Å². The summed E-state index contributed by atoms with van der Waals surface area (Å²) in [7, 11) is 0. The molecule has 1 aliphatic heterocycles. The summed E-state index contributed by atoms with van der Waals surface area (Å²) in [6, 6.07) is 7.62. The molecule has 0 spiro atoms. The van der Waals surface area contributed by atoms with E-state index in [-0.39, 0.29) is 21.6 Å². The van der Waals surface area contributed by atoms with Gasteiger partial charge in [0.05, 0.1) is 4.83 Å². The maximum absolute atomic E-state index is 12.1. The fourth-order valence-electron chi connectivity index (χ4n) is 1.95. The average molecular weight is 313 g/mol. The van der Waals surface area contributed by atoms with Gasteiger partial charge in [0.25, 0.3) is 0 Å². The minimum absolute atomic E-state index is 0.124. The molecular weight excluding hydrogens is 300 g/mol. The van der Waals surface area contributed by atoms with Crippen molar-refractivity contribution in [2.24, 2.45) is 0 Å². The Morgan fingerprint density at radius 3 is 2.88 bits per heavy atom. The lowest BCUT2D eigenvalue weighted by Gasteiger charge is -2.13. The van der Waals surface area contributed by atoms with Crippen LogP contribution in [0, 0.1) is 0 Å². The Labute approximate surface area is 113 Å². The predicted octanol–water partition coefficient (Wildman–Crippen LogP) is 3.48. The lowest BCUT2D eigenvalue weighted by molar-refractivity contribution is -0.117. The molecule has 2 atom stereocenters. The summed E-state index contributed by atoms with van der Waals surface area (Å²) in [4.78, 5) is 24.1. The van der Waals surface area contributed by atoms with E-state index in [0.717, 1.165) is 10.5 Å². The number of benzene rings is 1. The SMILES string of the molecule is CC(=O)CC1CC(Br)C(=O)c2ccccc2S1. The molecule has 2 rings (SSSR count). The molecule has 2 unspecified atom stereocenters. The van der Waals surface area contributed by atoms with Crippen molar-refractivity contribution in [1.29, 1.82) is 0 Å². The maximum Gasteiger partial charge on any atom is 0.177 e. The molecule has 0 aliphatic carbocycles. The maximum atomic E-state index is 12.1. The zero-order chi connectivity index (χ0) is 12.4. The molecule has 0 bridgehead atoms. The second kappa shape index (κ2) is 5.36. The van der Waals surface area contributed by atoms with Crippen molar-refractivity contribution in [2.75, 3.05) is 0 Å². The largest absolute Gasteiger partial charge is 0.300 e. The highest BCUT2D eigenvalue weighted by molar-refractivity contribution is 9.10. The molecule has 0 aromatic heterocycles. The van der Waals surface area contributed by atoms with Crippen LogP contribution in [-0.2, 0) is 4.79 Å². The number of alkyl halides is 1. The third-order valence-electron chi connectivity index (χ3n) is 2.72. The number of Topliss-reactive ketones (excluding diaryl/α,β-unsaturated/α-hetero) is 2. The number of hydrogen-bond acceptors (Lipinski definition) is 3. The summed E-state index contributed by atoms with van der Waals surface area (Å²) in [6.07, 6.45) is 1.23. The summed E-state index contributed by atoms with van der Waals surface area (Å²) in [5, 5.41) is 0.185. The molecule has 0 saturated carbocycles. The summed E-state index contributed by atoms with van der Waals surface area (Å²) in [6.45, 7) is 1.60. The summed E-state index contributed by atoms with van der Waals surface area (Å²) >= 11 is 5.07. The van der Waals surface area contributed by atoms with Gasteiger partial charge in [0.2, 0.25) is 0 Å². The first kappa shape index (κ1) is 12.8. The smallest absolute Gasteiger partial charge is 0.177 e. The van der Waals surface area contributed by atoms with E-state index < -0.39 is 0 Å². The van der Waals surface area contributed by atoms with Crippen molar-refractivity contribution in [2.45, 2.75) is 34.7 Å². The highest BCUT2D eigenvalue weighted by Crippen LogP contribution is 2.37. The molecular formula is C13H13BrO2S. The van der Waals surface area contributed by atoms with Gasteiger partial charge in [-0.1, -0.05) is 34.1 Å². The lowest BCUT2D eigenvalue weighted by Crippen LogP contribution is -2.18. The van der Waals surface area contributed by atoms with Crippen LogP contribution in [0.25, 0.3) is 0 Å². The van der Waals surface area contributed by atoms with E-state index in [1.165, 1.54) is 0 Å². The van der Waals surface area contributed by atoms with Gasteiger partial charge >= 0.3 is 0 Å². The van der Waals surface area contributed by atoms with Gasteiger partial charge in [0.15, 0.2) is 5.78 Å². The third-order valence-corrected chi connectivity index (χ3v) is 4.81.